The van der Waals surface area contributed by atoms with E-state index in [4.69, 9.17) is 9.73 Å². The van der Waals surface area contributed by atoms with Gasteiger partial charge < -0.3 is 15.4 Å². The van der Waals surface area contributed by atoms with E-state index in [2.05, 4.69) is 22.5 Å². The van der Waals surface area contributed by atoms with Crippen LogP contribution in [0, 0.1) is 0 Å². The molecule has 1 saturated carbocycles. The number of piperidine rings is 1. The Bertz CT molecular complexity index is 353. The lowest BCUT2D eigenvalue weighted by atomic mass is 9.79. The van der Waals surface area contributed by atoms with Gasteiger partial charge in [0.25, 0.3) is 0 Å². The Hall–Kier alpha value is -0.0800. The Labute approximate surface area is 165 Å². The molecule has 0 unspecified atom stereocenters. The van der Waals surface area contributed by atoms with E-state index in [0.717, 1.165) is 25.6 Å². The number of hydrogen-bond acceptors (Lipinski definition) is 3. The highest BCUT2D eigenvalue weighted by molar-refractivity contribution is 14.0. The fraction of sp³-hybridized carbons (Fsp3) is 0.944. The van der Waals surface area contributed by atoms with Crippen LogP contribution in [0.2, 0.25) is 0 Å². The van der Waals surface area contributed by atoms with E-state index in [9.17, 15) is 0 Å². The quantitative estimate of drug-likeness (QED) is 0.270. The largest absolute Gasteiger partial charge is 0.383 e. The third kappa shape index (κ3) is 6.67. The van der Waals surface area contributed by atoms with Gasteiger partial charge in [0.05, 0.1) is 13.2 Å². The molecular formula is C18H37IN4O. The van der Waals surface area contributed by atoms with Gasteiger partial charge in [0.1, 0.15) is 0 Å². The van der Waals surface area contributed by atoms with Crippen LogP contribution in [0.5, 0.6) is 0 Å². The number of rotatable bonds is 7. The van der Waals surface area contributed by atoms with Crippen LogP contribution < -0.4 is 10.6 Å². The Morgan fingerprint density at radius 3 is 2.33 bits per heavy atom. The van der Waals surface area contributed by atoms with E-state index in [-0.39, 0.29) is 24.0 Å². The van der Waals surface area contributed by atoms with Crippen molar-refractivity contribution in [3.63, 3.8) is 0 Å². The lowest BCUT2D eigenvalue weighted by Gasteiger charge is -2.47. The summed E-state index contributed by atoms with van der Waals surface area (Å²) >= 11 is 0. The first kappa shape index (κ1) is 22.0. The third-order valence-corrected chi connectivity index (χ3v) is 5.29. The minimum atomic E-state index is 0. The van der Waals surface area contributed by atoms with Crippen LogP contribution in [0.4, 0.5) is 0 Å². The first-order chi connectivity index (χ1) is 11.3. The molecule has 0 atom stereocenters. The number of halogens is 1. The molecular weight excluding hydrogens is 415 g/mol. The fourth-order valence-electron chi connectivity index (χ4n) is 3.99. The molecule has 6 heteroatoms. The number of hydrogen-bond donors (Lipinski definition) is 2. The maximum Gasteiger partial charge on any atom is 0.191 e. The number of aliphatic imine (C=N–C) groups is 1. The molecule has 2 fully saturated rings. The Balaban J connectivity index is 0.00000288. The molecule has 0 bridgehead atoms. The predicted octanol–water partition coefficient (Wildman–Crippen LogP) is 2.99. The average molecular weight is 452 g/mol. The second-order valence-corrected chi connectivity index (χ2v) is 6.95. The zero-order valence-electron chi connectivity index (χ0n) is 15.6. The summed E-state index contributed by atoms with van der Waals surface area (Å²) in [4.78, 5) is 7.72. The summed E-state index contributed by atoms with van der Waals surface area (Å²) in [5.74, 6) is 0.937. The minimum absolute atomic E-state index is 0. The van der Waals surface area contributed by atoms with Gasteiger partial charge in [-0.05, 0) is 45.7 Å². The Kier molecular flexibility index (Phi) is 11.3. The van der Waals surface area contributed by atoms with Gasteiger partial charge in [0.15, 0.2) is 5.96 Å². The smallest absolute Gasteiger partial charge is 0.191 e. The predicted molar refractivity (Wildman–Crippen MR) is 113 cm³/mol. The molecule has 1 saturated heterocycles. The molecule has 0 amide bonds. The van der Waals surface area contributed by atoms with E-state index in [0.29, 0.717) is 12.1 Å². The van der Waals surface area contributed by atoms with Crippen molar-refractivity contribution in [2.45, 2.75) is 63.8 Å². The highest BCUT2D eigenvalue weighted by atomic mass is 127. The lowest BCUT2D eigenvalue weighted by Crippen LogP contribution is -2.54. The summed E-state index contributed by atoms with van der Waals surface area (Å²) in [7, 11) is 1.74. The zero-order valence-corrected chi connectivity index (χ0v) is 17.9. The summed E-state index contributed by atoms with van der Waals surface area (Å²) in [6.07, 6.45) is 10.9. The number of nitrogens with one attached hydrogen (secondary N) is 2. The molecule has 0 aromatic carbocycles. The van der Waals surface area contributed by atoms with E-state index in [1.54, 1.807) is 7.11 Å². The van der Waals surface area contributed by atoms with Crippen LogP contribution >= 0.6 is 24.0 Å². The number of nitrogens with zero attached hydrogens (tertiary/aromatic N) is 2. The number of methoxy groups -OCH3 is 1. The van der Waals surface area contributed by atoms with Crippen molar-refractivity contribution in [3.8, 4) is 0 Å². The lowest BCUT2D eigenvalue weighted by molar-refractivity contribution is 0.0407. The van der Waals surface area contributed by atoms with Gasteiger partial charge in [-0.2, -0.15) is 0 Å². The summed E-state index contributed by atoms with van der Waals surface area (Å²) in [6, 6.07) is 0. The third-order valence-electron chi connectivity index (χ3n) is 5.29. The number of guanidine groups is 1. The van der Waals surface area contributed by atoms with Crippen LogP contribution in [0.3, 0.4) is 0 Å². The molecule has 1 aliphatic carbocycles. The van der Waals surface area contributed by atoms with Crippen molar-refractivity contribution >= 4 is 29.9 Å². The Morgan fingerprint density at radius 2 is 1.71 bits per heavy atom. The Morgan fingerprint density at radius 1 is 1.04 bits per heavy atom. The molecule has 142 valence electrons. The van der Waals surface area contributed by atoms with Crippen molar-refractivity contribution < 1.29 is 4.74 Å². The molecule has 0 aromatic heterocycles. The number of likely N-dealkylation sites (tertiary alicyclic amines) is 1. The fourth-order valence-corrected chi connectivity index (χ4v) is 3.99. The summed E-state index contributed by atoms with van der Waals surface area (Å²) in [6.45, 7) is 7.99. The van der Waals surface area contributed by atoms with Crippen molar-refractivity contribution in [2.24, 2.45) is 4.99 Å². The van der Waals surface area contributed by atoms with Gasteiger partial charge >= 0.3 is 0 Å². The first-order valence-corrected chi connectivity index (χ1v) is 9.57. The number of ether oxygens (including phenoxy) is 1. The molecule has 2 N–H and O–H groups in total. The highest BCUT2D eigenvalue weighted by Crippen LogP contribution is 2.35. The van der Waals surface area contributed by atoms with Gasteiger partial charge in [0, 0.05) is 25.7 Å². The van der Waals surface area contributed by atoms with E-state index in [1.807, 2.05) is 0 Å². The van der Waals surface area contributed by atoms with Crippen molar-refractivity contribution in [3.05, 3.63) is 0 Å². The van der Waals surface area contributed by atoms with E-state index < -0.39 is 0 Å². The van der Waals surface area contributed by atoms with Gasteiger partial charge in [-0.1, -0.05) is 25.7 Å². The molecule has 1 heterocycles. The maximum atomic E-state index is 5.13. The monoisotopic (exact) mass is 452 g/mol. The zero-order chi connectivity index (χ0) is 16.4. The molecule has 0 spiro atoms. The summed E-state index contributed by atoms with van der Waals surface area (Å²) < 4.78 is 5.13. The van der Waals surface area contributed by atoms with Gasteiger partial charge in [0.2, 0.25) is 0 Å². The summed E-state index contributed by atoms with van der Waals surface area (Å²) in [5, 5.41) is 6.74. The summed E-state index contributed by atoms with van der Waals surface area (Å²) in [5.41, 5.74) is 0.308. The van der Waals surface area contributed by atoms with Gasteiger partial charge in [-0.25, -0.2) is 0 Å². The van der Waals surface area contributed by atoms with Crippen LogP contribution in [0.15, 0.2) is 4.99 Å². The topological polar surface area (TPSA) is 48.9 Å². The van der Waals surface area contributed by atoms with Crippen molar-refractivity contribution in [1.29, 1.82) is 0 Å². The molecule has 1 aliphatic heterocycles. The minimum Gasteiger partial charge on any atom is -0.383 e. The van der Waals surface area contributed by atoms with E-state index in [1.165, 1.54) is 64.5 Å². The van der Waals surface area contributed by atoms with Crippen LogP contribution in [-0.2, 0) is 4.74 Å². The molecule has 0 radical (unpaired) electrons. The van der Waals surface area contributed by atoms with Crippen molar-refractivity contribution in [2.75, 3.05) is 46.4 Å². The second kappa shape index (κ2) is 12.3. The van der Waals surface area contributed by atoms with Crippen molar-refractivity contribution in [1.82, 2.24) is 15.5 Å². The highest BCUT2D eigenvalue weighted by Gasteiger charge is 2.38. The standard InChI is InChI=1S/C18H36N4O.HI/c1-3-19-17(20-12-15-23-2)21-16-18(10-6-4-7-11-18)22-13-8-5-9-14-22;/h3-16H2,1-2H3,(H2,19,20,21);1H. The van der Waals surface area contributed by atoms with Gasteiger partial charge in [-0.15, -0.1) is 24.0 Å². The van der Waals surface area contributed by atoms with Crippen LogP contribution in [0.1, 0.15) is 58.3 Å². The average Bonchev–Trinajstić information content (AvgIpc) is 2.61. The second-order valence-electron chi connectivity index (χ2n) is 6.95. The van der Waals surface area contributed by atoms with Gasteiger partial charge in [-0.3, -0.25) is 9.89 Å². The maximum absolute atomic E-state index is 5.13. The molecule has 24 heavy (non-hydrogen) atoms. The van der Waals surface area contributed by atoms with Crippen LogP contribution in [0.25, 0.3) is 0 Å². The molecule has 5 nitrogen and oxygen atoms in total. The first-order valence-electron chi connectivity index (χ1n) is 9.57. The van der Waals surface area contributed by atoms with E-state index >= 15 is 0 Å². The normalized spacial score (nSPS) is 21.8. The molecule has 0 aromatic rings. The molecule has 2 rings (SSSR count). The molecule has 2 aliphatic rings. The SMILES string of the molecule is CCNC(=NCC1(N2CCCCC2)CCCCC1)NCCOC.I. The van der Waals surface area contributed by atoms with Crippen LogP contribution in [-0.4, -0.2) is 62.8 Å².